The van der Waals surface area contributed by atoms with Crippen LogP contribution in [-0.4, -0.2) is 46.1 Å². The van der Waals surface area contributed by atoms with E-state index in [1.165, 1.54) is 0 Å². The average Bonchev–Trinajstić information content (AvgIpc) is 2.55. The van der Waals surface area contributed by atoms with Crippen molar-refractivity contribution in [1.29, 1.82) is 0 Å². The van der Waals surface area contributed by atoms with Crippen molar-refractivity contribution in [2.24, 2.45) is 0 Å². The first-order chi connectivity index (χ1) is 12.1. The molecule has 0 unspecified atom stereocenters. The molecule has 6 nitrogen and oxygen atoms in total. The Morgan fingerprint density at radius 3 is 1.92 bits per heavy atom. The zero-order chi connectivity index (χ0) is 19.1. The smallest absolute Gasteiger partial charge is 0.225 e. The Bertz CT molecular complexity index is 786. The number of nitrogens with zero attached hydrogens (tertiary/aromatic N) is 6. The Balaban J connectivity index is 1.81. The third kappa shape index (κ3) is 3.76. The summed E-state index contributed by atoms with van der Waals surface area (Å²) >= 11 is 0. The molecule has 7 heteroatoms. The number of piperazine rings is 1. The number of anilines is 2. The zero-order valence-corrected chi connectivity index (χ0v) is 16.5. The second-order valence-electron chi connectivity index (χ2n) is 7.95. The van der Waals surface area contributed by atoms with Crippen LogP contribution >= 0.6 is 0 Å². The van der Waals surface area contributed by atoms with E-state index in [2.05, 4.69) is 24.8 Å². The SMILES string of the molecule is Cc1cc(C)nc(N2CCN(c3nc(C(C)(C)C)nc(C)c3F)CC2)n1. The number of hydrogen-bond acceptors (Lipinski definition) is 6. The highest BCUT2D eigenvalue weighted by atomic mass is 19.1. The van der Waals surface area contributed by atoms with Crippen LogP contribution in [0.4, 0.5) is 16.2 Å². The summed E-state index contributed by atoms with van der Waals surface area (Å²) in [7, 11) is 0. The molecule has 1 aliphatic rings. The zero-order valence-electron chi connectivity index (χ0n) is 16.5. The van der Waals surface area contributed by atoms with Gasteiger partial charge in [-0.05, 0) is 26.8 Å². The lowest BCUT2D eigenvalue weighted by Gasteiger charge is -2.36. The third-order valence-corrected chi connectivity index (χ3v) is 4.50. The Labute approximate surface area is 154 Å². The fraction of sp³-hybridized carbons (Fsp3) is 0.579. The van der Waals surface area contributed by atoms with Crippen molar-refractivity contribution < 1.29 is 4.39 Å². The fourth-order valence-electron chi connectivity index (χ4n) is 3.06. The van der Waals surface area contributed by atoms with Crippen molar-refractivity contribution in [3.8, 4) is 0 Å². The molecule has 0 bridgehead atoms. The first kappa shape index (κ1) is 18.5. The lowest BCUT2D eigenvalue weighted by Crippen LogP contribution is -2.48. The van der Waals surface area contributed by atoms with Crippen molar-refractivity contribution >= 4 is 11.8 Å². The highest BCUT2D eigenvalue weighted by Gasteiger charge is 2.27. The van der Waals surface area contributed by atoms with E-state index in [4.69, 9.17) is 0 Å². The van der Waals surface area contributed by atoms with Gasteiger partial charge in [-0.15, -0.1) is 0 Å². The van der Waals surface area contributed by atoms with Gasteiger partial charge in [0.1, 0.15) is 5.82 Å². The average molecular weight is 358 g/mol. The summed E-state index contributed by atoms with van der Waals surface area (Å²) in [6, 6.07) is 1.97. The highest BCUT2D eigenvalue weighted by molar-refractivity contribution is 5.45. The number of aromatic nitrogens is 4. The topological polar surface area (TPSA) is 58.0 Å². The number of rotatable bonds is 2. The molecule has 0 spiro atoms. The summed E-state index contributed by atoms with van der Waals surface area (Å²) in [5, 5.41) is 0. The molecule has 0 saturated carbocycles. The number of halogens is 1. The molecule has 2 aromatic heterocycles. The van der Waals surface area contributed by atoms with Crippen molar-refractivity contribution in [3.63, 3.8) is 0 Å². The number of hydrogen-bond donors (Lipinski definition) is 0. The van der Waals surface area contributed by atoms with E-state index < -0.39 is 0 Å². The molecule has 1 aliphatic heterocycles. The Morgan fingerprint density at radius 2 is 1.38 bits per heavy atom. The summed E-state index contributed by atoms with van der Waals surface area (Å²) in [5.74, 6) is 1.50. The van der Waals surface area contributed by atoms with E-state index >= 15 is 0 Å². The Kier molecular flexibility index (Phi) is 4.82. The van der Waals surface area contributed by atoms with Gasteiger partial charge >= 0.3 is 0 Å². The van der Waals surface area contributed by atoms with Gasteiger partial charge in [0, 0.05) is 43.0 Å². The van der Waals surface area contributed by atoms with Crippen molar-refractivity contribution in [2.75, 3.05) is 36.0 Å². The van der Waals surface area contributed by atoms with Crippen molar-refractivity contribution in [1.82, 2.24) is 19.9 Å². The first-order valence-electron chi connectivity index (χ1n) is 9.02. The summed E-state index contributed by atoms with van der Waals surface area (Å²) in [6.07, 6.45) is 0. The predicted molar refractivity (Wildman–Crippen MR) is 101 cm³/mol. The summed E-state index contributed by atoms with van der Waals surface area (Å²) < 4.78 is 14.7. The molecule has 3 heterocycles. The van der Waals surface area contributed by atoms with E-state index in [1.807, 2.05) is 45.6 Å². The maximum absolute atomic E-state index is 14.7. The van der Waals surface area contributed by atoms with Crippen LogP contribution in [0.2, 0.25) is 0 Å². The molecule has 1 saturated heterocycles. The molecular weight excluding hydrogens is 331 g/mol. The van der Waals surface area contributed by atoms with Crippen molar-refractivity contribution in [2.45, 2.75) is 47.0 Å². The van der Waals surface area contributed by atoms with Gasteiger partial charge in [-0.1, -0.05) is 20.8 Å². The van der Waals surface area contributed by atoms with Crippen LogP contribution in [0.15, 0.2) is 6.07 Å². The van der Waals surface area contributed by atoms with Crippen LogP contribution in [-0.2, 0) is 5.41 Å². The minimum atomic E-state index is -0.325. The van der Waals surface area contributed by atoms with E-state index in [0.717, 1.165) is 30.4 Å². The highest BCUT2D eigenvalue weighted by Crippen LogP contribution is 2.26. The maximum atomic E-state index is 14.7. The second-order valence-corrected chi connectivity index (χ2v) is 7.95. The molecule has 0 aliphatic carbocycles. The van der Waals surface area contributed by atoms with E-state index in [0.29, 0.717) is 30.4 Å². The molecule has 140 valence electrons. The van der Waals surface area contributed by atoms with Crippen LogP contribution in [0.3, 0.4) is 0 Å². The van der Waals surface area contributed by atoms with Crippen LogP contribution in [0.25, 0.3) is 0 Å². The van der Waals surface area contributed by atoms with Gasteiger partial charge < -0.3 is 9.80 Å². The predicted octanol–water partition coefficient (Wildman–Crippen LogP) is 2.96. The van der Waals surface area contributed by atoms with Gasteiger partial charge in [-0.25, -0.2) is 24.3 Å². The minimum Gasteiger partial charge on any atom is -0.351 e. The third-order valence-electron chi connectivity index (χ3n) is 4.50. The Morgan fingerprint density at radius 1 is 0.846 bits per heavy atom. The fourth-order valence-corrected chi connectivity index (χ4v) is 3.06. The monoisotopic (exact) mass is 358 g/mol. The molecule has 0 atom stereocenters. The number of aryl methyl sites for hydroxylation is 3. The molecule has 26 heavy (non-hydrogen) atoms. The van der Waals surface area contributed by atoms with Gasteiger partial charge in [-0.3, -0.25) is 0 Å². The van der Waals surface area contributed by atoms with Gasteiger partial charge in [0.05, 0.1) is 5.69 Å². The normalized spacial score (nSPS) is 15.5. The lowest BCUT2D eigenvalue weighted by atomic mass is 9.95. The summed E-state index contributed by atoms with van der Waals surface area (Å²) in [6.45, 7) is 14.6. The van der Waals surface area contributed by atoms with Crippen LogP contribution in [0.1, 0.15) is 43.7 Å². The Hall–Kier alpha value is -2.31. The molecule has 0 aromatic carbocycles. The van der Waals surface area contributed by atoms with Crippen LogP contribution in [0.5, 0.6) is 0 Å². The first-order valence-corrected chi connectivity index (χ1v) is 9.02. The quantitative estimate of drug-likeness (QED) is 0.823. The summed E-state index contributed by atoms with van der Waals surface area (Å²) in [4.78, 5) is 22.1. The summed E-state index contributed by atoms with van der Waals surface area (Å²) in [5.41, 5.74) is 2.10. The molecule has 3 rings (SSSR count). The molecule has 1 fully saturated rings. The van der Waals surface area contributed by atoms with Gasteiger partial charge in [-0.2, -0.15) is 0 Å². The van der Waals surface area contributed by atoms with E-state index in [9.17, 15) is 4.39 Å². The van der Waals surface area contributed by atoms with Gasteiger partial charge in [0.25, 0.3) is 0 Å². The van der Waals surface area contributed by atoms with Gasteiger partial charge in [0.2, 0.25) is 5.95 Å². The molecular formula is C19H27FN6. The van der Waals surface area contributed by atoms with Crippen molar-refractivity contribution in [3.05, 3.63) is 34.8 Å². The maximum Gasteiger partial charge on any atom is 0.225 e. The van der Waals surface area contributed by atoms with E-state index in [1.54, 1.807) is 6.92 Å². The van der Waals surface area contributed by atoms with E-state index in [-0.39, 0.29) is 11.2 Å². The van der Waals surface area contributed by atoms with Crippen LogP contribution in [0, 0.1) is 26.6 Å². The molecule has 0 amide bonds. The lowest BCUT2D eigenvalue weighted by molar-refractivity contribution is 0.516. The largest absolute Gasteiger partial charge is 0.351 e. The standard InChI is InChI=1S/C19H27FN6/c1-12-11-13(2)22-18(21-12)26-9-7-25(8-10-26)16-15(20)14(3)23-17(24-16)19(4,5)6/h11H,7-10H2,1-6H3. The molecule has 2 aromatic rings. The van der Waals surface area contributed by atoms with Crippen LogP contribution < -0.4 is 9.80 Å². The molecule has 0 radical (unpaired) electrons. The molecule has 0 N–H and O–H groups in total. The minimum absolute atomic E-state index is 0.220. The van der Waals surface area contributed by atoms with Gasteiger partial charge in [0.15, 0.2) is 11.6 Å². The second kappa shape index (κ2) is 6.78.